The van der Waals surface area contributed by atoms with Gasteiger partial charge in [-0.2, -0.15) is 0 Å². The number of rotatable bonds is 8. The van der Waals surface area contributed by atoms with Gasteiger partial charge in [0, 0.05) is 32.7 Å². The zero-order valence-electron chi connectivity index (χ0n) is 15.7. The number of halogens is 1. The predicted octanol–water partition coefficient (Wildman–Crippen LogP) is 2.44. The number of benzene rings is 1. The Labute approximate surface area is 173 Å². The van der Waals surface area contributed by atoms with Gasteiger partial charge < -0.3 is 20.7 Å². The monoisotopic (exact) mass is 474 g/mol. The van der Waals surface area contributed by atoms with Crippen molar-refractivity contribution >= 4 is 35.8 Å². The molecule has 7 heteroatoms. The Hall–Kier alpha value is -1.35. The molecule has 0 radical (unpaired) electrons. The first-order valence-electron chi connectivity index (χ1n) is 9.08. The van der Waals surface area contributed by atoms with Crippen molar-refractivity contribution in [3.8, 4) is 0 Å². The van der Waals surface area contributed by atoms with E-state index in [0.717, 1.165) is 37.5 Å². The summed E-state index contributed by atoms with van der Waals surface area (Å²) in [7, 11) is 0. The lowest BCUT2D eigenvalue weighted by Gasteiger charge is -2.21. The molecular weight excluding hydrogens is 443 g/mol. The number of nitrogens with one attached hydrogen (secondary N) is 3. The summed E-state index contributed by atoms with van der Waals surface area (Å²) in [6, 6.07) is 9.90. The van der Waals surface area contributed by atoms with Crippen LogP contribution >= 0.6 is 24.0 Å². The molecule has 1 aliphatic heterocycles. The van der Waals surface area contributed by atoms with Crippen molar-refractivity contribution in [1.82, 2.24) is 16.0 Å². The highest BCUT2D eigenvalue weighted by Gasteiger charge is 2.29. The van der Waals surface area contributed by atoms with Crippen LogP contribution in [0.15, 0.2) is 35.3 Å². The quantitative estimate of drug-likeness (QED) is 0.308. The van der Waals surface area contributed by atoms with E-state index in [2.05, 4.69) is 27.9 Å². The number of hydrogen-bond donors (Lipinski definition) is 3. The van der Waals surface area contributed by atoms with Crippen LogP contribution in [0.2, 0.25) is 0 Å². The van der Waals surface area contributed by atoms with Gasteiger partial charge in [-0.1, -0.05) is 30.3 Å². The van der Waals surface area contributed by atoms with E-state index < -0.39 is 0 Å². The molecule has 0 spiro atoms. The molecule has 1 aromatic carbocycles. The van der Waals surface area contributed by atoms with Gasteiger partial charge in [-0.25, -0.2) is 0 Å². The molecule has 0 saturated carbocycles. The number of carbonyl (C=O) groups excluding carboxylic acids is 1. The molecule has 1 saturated heterocycles. The van der Waals surface area contributed by atoms with Crippen LogP contribution in [0.25, 0.3) is 0 Å². The zero-order chi connectivity index (χ0) is 18.0. The van der Waals surface area contributed by atoms with Crippen molar-refractivity contribution in [2.24, 2.45) is 4.99 Å². The molecule has 146 valence electrons. The van der Waals surface area contributed by atoms with Gasteiger partial charge in [-0.15, -0.1) is 24.0 Å². The first-order chi connectivity index (χ1) is 12.1. The number of guanidine groups is 1. The lowest BCUT2D eigenvalue weighted by molar-refractivity contribution is -0.121. The van der Waals surface area contributed by atoms with Gasteiger partial charge in [0.05, 0.1) is 12.1 Å². The standard InChI is InChI=1S/C19H30N4O2.HI/c1-3-20-18(23-15-19(2)11-7-13-25-19)21-12-10-17(24)22-14-16-8-5-4-6-9-16;/h4-6,8-9H,3,7,10-15H2,1-2H3,(H,22,24)(H2,20,21,23);1H. The van der Waals surface area contributed by atoms with E-state index in [9.17, 15) is 4.79 Å². The van der Waals surface area contributed by atoms with Gasteiger partial charge in [-0.05, 0) is 32.3 Å². The van der Waals surface area contributed by atoms with Gasteiger partial charge >= 0.3 is 0 Å². The van der Waals surface area contributed by atoms with Crippen molar-refractivity contribution in [3.05, 3.63) is 35.9 Å². The minimum Gasteiger partial charge on any atom is -0.373 e. The second-order valence-electron chi connectivity index (χ2n) is 6.54. The van der Waals surface area contributed by atoms with E-state index >= 15 is 0 Å². The lowest BCUT2D eigenvalue weighted by atomic mass is 10.0. The molecule has 1 aliphatic rings. The van der Waals surface area contributed by atoms with Gasteiger partial charge in [0.25, 0.3) is 0 Å². The molecule has 0 bridgehead atoms. The highest BCUT2D eigenvalue weighted by Crippen LogP contribution is 2.24. The number of amides is 1. The minimum atomic E-state index is -0.157. The molecule has 2 rings (SSSR count). The smallest absolute Gasteiger partial charge is 0.222 e. The molecule has 1 amide bonds. The molecule has 0 aliphatic carbocycles. The topological polar surface area (TPSA) is 74.8 Å². The second-order valence-corrected chi connectivity index (χ2v) is 6.54. The highest BCUT2D eigenvalue weighted by atomic mass is 127. The fourth-order valence-electron chi connectivity index (χ4n) is 2.73. The van der Waals surface area contributed by atoms with Crippen LogP contribution < -0.4 is 16.0 Å². The fraction of sp³-hybridized carbons (Fsp3) is 0.579. The molecular formula is C19H31IN4O2. The highest BCUT2D eigenvalue weighted by molar-refractivity contribution is 14.0. The van der Waals surface area contributed by atoms with E-state index in [1.807, 2.05) is 37.3 Å². The molecule has 26 heavy (non-hydrogen) atoms. The first-order valence-corrected chi connectivity index (χ1v) is 9.08. The van der Waals surface area contributed by atoms with Gasteiger partial charge in [0.15, 0.2) is 5.96 Å². The van der Waals surface area contributed by atoms with Crippen LogP contribution in [0.1, 0.15) is 38.7 Å². The minimum absolute atomic E-state index is 0. The second kappa shape index (κ2) is 12.1. The van der Waals surface area contributed by atoms with Gasteiger partial charge in [0.1, 0.15) is 0 Å². The van der Waals surface area contributed by atoms with Crippen LogP contribution in [0.3, 0.4) is 0 Å². The summed E-state index contributed by atoms with van der Waals surface area (Å²) < 4.78 is 5.76. The van der Waals surface area contributed by atoms with Crippen LogP contribution in [-0.4, -0.2) is 43.7 Å². The molecule has 6 nitrogen and oxygen atoms in total. The first kappa shape index (κ1) is 22.7. The summed E-state index contributed by atoms with van der Waals surface area (Å²) >= 11 is 0. The van der Waals surface area contributed by atoms with E-state index in [1.165, 1.54) is 0 Å². The third-order valence-corrected chi connectivity index (χ3v) is 4.19. The SMILES string of the molecule is CCNC(=NCC1(C)CCCO1)NCCC(=O)NCc1ccccc1.I. The zero-order valence-corrected chi connectivity index (χ0v) is 18.0. The molecule has 1 aromatic rings. The average Bonchev–Trinajstić information content (AvgIpc) is 3.06. The van der Waals surface area contributed by atoms with Crippen molar-refractivity contribution in [2.45, 2.75) is 45.3 Å². The number of hydrogen-bond acceptors (Lipinski definition) is 3. The maximum atomic E-state index is 11.9. The Balaban J connectivity index is 0.00000338. The molecule has 0 aromatic heterocycles. The predicted molar refractivity (Wildman–Crippen MR) is 116 cm³/mol. The Morgan fingerprint density at radius 3 is 2.65 bits per heavy atom. The third-order valence-electron chi connectivity index (χ3n) is 4.19. The molecule has 1 fully saturated rings. The van der Waals surface area contributed by atoms with Gasteiger partial charge in [-0.3, -0.25) is 9.79 Å². The van der Waals surface area contributed by atoms with Crippen molar-refractivity contribution in [3.63, 3.8) is 0 Å². The summed E-state index contributed by atoms with van der Waals surface area (Å²) in [6.45, 7) is 7.46. The summed E-state index contributed by atoms with van der Waals surface area (Å²) in [5, 5.41) is 9.35. The van der Waals surface area contributed by atoms with Crippen LogP contribution in [0.5, 0.6) is 0 Å². The third kappa shape index (κ3) is 8.35. The maximum absolute atomic E-state index is 11.9. The van der Waals surface area contributed by atoms with E-state index in [4.69, 9.17) is 4.74 Å². The Morgan fingerprint density at radius 1 is 1.23 bits per heavy atom. The van der Waals surface area contributed by atoms with Crippen molar-refractivity contribution in [1.29, 1.82) is 0 Å². The van der Waals surface area contributed by atoms with E-state index in [1.54, 1.807) is 0 Å². The summed E-state index contributed by atoms with van der Waals surface area (Å²) in [5.74, 6) is 0.758. The Morgan fingerprint density at radius 2 is 2.00 bits per heavy atom. The van der Waals surface area contributed by atoms with Crippen molar-refractivity contribution < 1.29 is 9.53 Å². The van der Waals surface area contributed by atoms with Crippen LogP contribution in [0, 0.1) is 0 Å². The Bertz CT molecular complexity index is 560. The summed E-state index contributed by atoms with van der Waals surface area (Å²) in [5.41, 5.74) is 0.943. The summed E-state index contributed by atoms with van der Waals surface area (Å²) in [6.07, 6.45) is 2.54. The normalized spacial score (nSPS) is 19.5. The number of aliphatic imine (C=N–C) groups is 1. The number of nitrogens with zero attached hydrogens (tertiary/aromatic N) is 1. The van der Waals surface area contributed by atoms with Crippen LogP contribution in [-0.2, 0) is 16.1 Å². The molecule has 3 N–H and O–H groups in total. The van der Waals surface area contributed by atoms with Crippen LogP contribution in [0.4, 0.5) is 0 Å². The maximum Gasteiger partial charge on any atom is 0.222 e. The number of ether oxygens (including phenoxy) is 1. The molecule has 1 heterocycles. The summed E-state index contributed by atoms with van der Waals surface area (Å²) in [4.78, 5) is 16.5. The largest absolute Gasteiger partial charge is 0.373 e. The fourth-order valence-corrected chi connectivity index (χ4v) is 2.73. The van der Waals surface area contributed by atoms with E-state index in [-0.39, 0.29) is 35.5 Å². The van der Waals surface area contributed by atoms with Gasteiger partial charge in [0.2, 0.25) is 5.91 Å². The lowest BCUT2D eigenvalue weighted by Crippen LogP contribution is -2.40. The van der Waals surface area contributed by atoms with E-state index in [0.29, 0.717) is 26.1 Å². The molecule has 1 atom stereocenters. The van der Waals surface area contributed by atoms with Crippen molar-refractivity contribution in [2.75, 3.05) is 26.2 Å². The number of carbonyl (C=O) groups is 1. The Kier molecular flexibility index (Phi) is 10.6. The molecule has 1 unspecified atom stereocenters. The average molecular weight is 474 g/mol.